The molecule has 0 saturated heterocycles. The van der Waals surface area contributed by atoms with E-state index in [1.165, 1.54) is 44.5 Å². The number of rotatable bonds is 10. The Morgan fingerprint density at radius 2 is 0.718 bits per heavy atom. The zero-order valence-electron chi connectivity index (χ0n) is 59.7. The first-order chi connectivity index (χ1) is 54.5. The van der Waals surface area contributed by atoms with Gasteiger partial charge in [-0.15, -0.1) is 0 Å². The maximum Gasteiger partial charge on any atom is 0.164 e. The normalized spacial score (nSPS) is 15.2. The Hall–Kier alpha value is -14.2. The first-order valence-corrected chi connectivity index (χ1v) is 37.8. The molecule has 22 rings (SSSR count). The van der Waals surface area contributed by atoms with E-state index in [0.717, 1.165) is 153 Å². The van der Waals surface area contributed by atoms with Crippen LogP contribution in [0.1, 0.15) is 74.6 Å². The molecule has 8 heteroatoms. The lowest BCUT2D eigenvalue weighted by molar-refractivity contribution is 0.436. The molecule has 516 valence electrons. The number of hydrogen-bond acceptors (Lipinski definition) is 8. The molecule has 0 fully saturated rings. The number of aliphatic imine (C=N–C) groups is 2. The molecule has 1 N–H and O–H groups in total. The first kappa shape index (κ1) is 63.1. The number of aromatic nitrogens is 3. The summed E-state index contributed by atoms with van der Waals surface area (Å²) in [7, 11) is 0. The molecule has 0 saturated carbocycles. The molecule has 8 nitrogen and oxygen atoms in total. The van der Waals surface area contributed by atoms with Gasteiger partial charge >= 0.3 is 0 Å². The third-order valence-corrected chi connectivity index (χ3v) is 23.2. The van der Waals surface area contributed by atoms with Crippen LogP contribution in [-0.2, 0) is 10.8 Å². The monoisotopic (exact) mass is 1410 g/mol. The molecule has 3 aliphatic heterocycles. The summed E-state index contributed by atoms with van der Waals surface area (Å²) < 4.78 is 13.7. The van der Waals surface area contributed by atoms with Crippen LogP contribution < -0.4 is 14.8 Å². The van der Waals surface area contributed by atoms with E-state index >= 15 is 0 Å². The maximum absolute atomic E-state index is 6.85. The predicted octanol–water partition coefficient (Wildman–Crippen LogP) is 24.4. The Bertz CT molecular complexity index is 6590. The molecular formula is C102H66N6O2. The predicted molar refractivity (Wildman–Crippen MR) is 443 cm³/mol. The van der Waals surface area contributed by atoms with Crippen molar-refractivity contribution in [3.8, 4) is 124 Å². The van der Waals surface area contributed by atoms with Crippen molar-refractivity contribution >= 4 is 22.4 Å². The number of fused-ring (bicyclic) bond motifs is 19. The van der Waals surface area contributed by atoms with Crippen molar-refractivity contribution in [3.63, 3.8) is 0 Å². The second-order valence-corrected chi connectivity index (χ2v) is 29.2. The van der Waals surface area contributed by atoms with Crippen molar-refractivity contribution in [2.45, 2.75) is 29.8 Å². The van der Waals surface area contributed by atoms with Gasteiger partial charge in [0.25, 0.3) is 0 Å². The zero-order chi connectivity index (χ0) is 72.4. The average molecular weight is 1410 g/mol. The summed E-state index contributed by atoms with van der Waals surface area (Å²) in [5, 5.41) is 6.03. The van der Waals surface area contributed by atoms with Crippen molar-refractivity contribution in [2.75, 3.05) is 0 Å². The van der Waals surface area contributed by atoms with Gasteiger partial charge in [0.05, 0.1) is 10.8 Å². The summed E-state index contributed by atoms with van der Waals surface area (Å²) in [6, 6.07) is 124. The number of benzene rings is 15. The maximum atomic E-state index is 6.85. The third-order valence-electron chi connectivity index (χ3n) is 23.2. The standard InChI is InChI=1S/C102H66N6O2/c1-2-24-65(25-3-1)95-103-96(105-97(104-95)74-31-21-28-69(59-74)71-53-55-93-89(61-71)101(87-43-16-18-45-91(87)109-93)83-39-12-8-34-78(83)79-35-9-13-40-84(79)101)66-50-47-64(48-51-66)68-27-20-30-73(57-68)77-33-6-7-38-82(77)100-107-98(106-99(108-100)76-52-49-63-23-4-5-26-67(63)58-76)75-32-22-29-70(60-75)72-54-56-94-90(62-72)102(88-44-17-19-46-92(88)110-94)85-41-14-10-36-80(85)81-37-11-15-42-86(81)102/h1-2,4-24,26-62,96H,3,25H2,(H,103,104,105). The molecule has 2 spiro atoms. The van der Waals surface area contributed by atoms with Crippen LogP contribution in [0.5, 0.6) is 23.0 Å². The van der Waals surface area contributed by atoms with Crippen LogP contribution in [0, 0.1) is 0 Å². The number of amidine groups is 2. The number of ether oxygens (including phenoxy) is 2. The lowest BCUT2D eigenvalue weighted by atomic mass is 9.66. The van der Waals surface area contributed by atoms with Gasteiger partial charge in [-0.2, -0.15) is 0 Å². The molecular weight excluding hydrogens is 1340 g/mol. The molecule has 1 aromatic heterocycles. The summed E-state index contributed by atoms with van der Waals surface area (Å²) in [6.45, 7) is 0. The van der Waals surface area contributed by atoms with E-state index in [1.54, 1.807) is 0 Å². The Labute approximate surface area is 637 Å². The summed E-state index contributed by atoms with van der Waals surface area (Å²) in [6.07, 6.45) is 7.94. The summed E-state index contributed by atoms with van der Waals surface area (Å²) in [4.78, 5) is 27.0. The summed E-state index contributed by atoms with van der Waals surface area (Å²) in [5.41, 5.74) is 27.5. The molecule has 1 atom stereocenters. The van der Waals surface area contributed by atoms with Crippen molar-refractivity contribution in [3.05, 3.63) is 425 Å². The van der Waals surface area contributed by atoms with E-state index in [4.69, 9.17) is 34.4 Å². The Kier molecular flexibility index (Phi) is 14.5. The lowest BCUT2D eigenvalue weighted by Crippen LogP contribution is -2.34. The van der Waals surface area contributed by atoms with Crippen molar-refractivity contribution in [1.82, 2.24) is 20.3 Å². The highest BCUT2D eigenvalue weighted by atomic mass is 16.5. The van der Waals surface area contributed by atoms with Gasteiger partial charge in [0, 0.05) is 44.5 Å². The van der Waals surface area contributed by atoms with Gasteiger partial charge in [-0.1, -0.05) is 303 Å². The van der Waals surface area contributed by atoms with Crippen LogP contribution in [0.25, 0.3) is 112 Å². The van der Waals surface area contributed by atoms with Gasteiger partial charge in [0.1, 0.15) is 35.0 Å². The molecule has 0 amide bonds. The Morgan fingerprint density at radius 1 is 0.300 bits per heavy atom. The van der Waals surface area contributed by atoms with E-state index in [-0.39, 0.29) is 0 Å². The Morgan fingerprint density at radius 3 is 1.29 bits per heavy atom. The van der Waals surface area contributed by atoms with Gasteiger partial charge < -0.3 is 14.8 Å². The zero-order valence-corrected chi connectivity index (χ0v) is 59.7. The highest BCUT2D eigenvalue weighted by Crippen LogP contribution is 2.64. The summed E-state index contributed by atoms with van der Waals surface area (Å²) in [5.74, 6) is 6.68. The Balaban J connectivity index is 0.597. The number of nitrogens with zero attached hydrogens (tertiary/aromatic N) is 5. The summed E-state index contributed by atoms with van der Waals surface area (Å²) >= 11 is 0. The first-order valence-electron chi connectivity index (χ1n) is 37.8. The van der Waals surface area contributed by atoms with Crippen molar-refractivity contribution < 1.29 is 9.47 Å². The number of para-hydroxylation sites is 2. The molecule has 16 aromatic rings. The van der Waals surface area contributed by atoms with E-state index in [0.29, 0.717) is 23.3 Å². The van der Waals surface area contributed by atoms with Gasteiger partial charge in [-0.05, 0) is 184 Å². The highest BCUT2D eigenvalue weighted by molar-refractivity contribution is 6.13. The van der Waals surface area contributed by atoms with Gasteiger partial charge in [-0.25, -0.2) is 24.9 Å². The van der Waals surface area contributed by atoms with E-state index in [1.807, 2.05) is 0 Å². The second kappa shape index (κ2) is 25.2. The van der Waals surface area contributed by atoms with E-state index < -0.39 is 17.0 Å². The molecule has 4 heterocycles. The molecule has 6 aliphatic rings. The average Bonchev–Trinajstić information content (AvgIpc) is 1.50. The topological polar surface area (TPSA) is 93.9 Å². The van der Waals surface area contributed by atoms with Crippen LogP contribution in [0.2, 0.25) is 0 Å². The second-order valence-electron chi connectivity index (χ2n) is 29.2. The van der Waals surface area contributed by atoms with Gasteiger partial charge in [0.2, 0.25) is 0 Å². The number of hydrogen-bond donors (Lipinski definition) is 1. The van der Waals surface area contributed by atoms with Crippen LogP contribution in [0.4, 0.5) is 0 Å². The minimum atomic E-state index is -0.600. The van der Waals surface area contributed by atoms with Crippen LogP contribution in [0.15, 0.2) is 380 Å². The van der Waals surface area contributed by atoms with Crippen molar-refractivity contribution in [2.24, 2.45) is 9.98 Å². The fraction of sp³-hybridized carbons (Fsp3) is 0.0490. The third kappa shape index (κ3) is 9.96. The minimum absolute atomic E-state index is 0.408. The minimum Gasteiger partial charge on any atom is -0.457 e. The molecule has 0 radical (unpaired) electrons. The van der Waals surface area contributed by atoms with Gasteiger partial charge in [-0.3, -0.25) is 0 Å². The van der Waals surface area contributed by atoms with Gasteiger partial charge in [0.15, 0.2) is 23.3 Å². The van der Waals surface area contributed by atoms with Crippen LogP contribution in [-0.4, -0.2) is 26.6 Å². The number of nitrogens with one attached hydrogen (secondary N) is 1. The molecule has 1 unspecified atom stereocenters. The molecule has 110 heavy (non-hydrogen) atoms. The highest BCUT2D eigenvalue weighted by Gasteiger charge is 2.53. The molecule has 3 aliphatic carbocycles. The fourth-order valence-electron chi connectivity index (χ4n) is 18.2. The van der Waals surface area contributed by atoms with Crippen LogP contribution in [0.3, 0.4) is 0 Å². The van der Waals surface area contributed by atoms with Crippen LogP contribution >= 0.6 is 0 Å². The lowest BCUT2D eigenvalue weighted by Gasteiger charge is -2.39. The largest absolute Gasteiger partial charge is 0.457 e. The quantitative estimate of drug-likeness (QED) is 0.147. The van der Waals surface area contributed by atoms with Crippen molar-refractivity contribution in [1.29, 1.82) is 0 Å². The SMILES string of the molecule is C1=CCCC(C2=NC(c3cccc(-c4ccc5c(c4)C4(c6ccccc6O5)c5ccccc5-c5ccccc54)c3)=NC(c3ccc(-c4cccc(-c5ccccc5-c5nc(-c6cccc(-c7ccc8c(c7)C7(c9ccccc9O8)c8ccccc8-c8ccccc87)c6)nc(-c6ccc7ccccc7c6)n5)c4)cc3)N2)=C1. The van der Waals surface area contributed by atoms with E-state index in [9.17, 15) is 0 Å². The molecule has 15 aromatic carbocycles. The molecule has 0 bridgehead atoms. The smallest absolute Gasteiger partial charge is 0.164 e. The van der Waals surface area contributed by atoms with E-state index in [2.05, 4.69) is 369 Å². The fourth-order valence-corrected chi connectivity index (χ4v) is 18.2. The number of allylic oxidation sites excluding steroid dienone is 3.